The average Bonchev–Trinajstić information content (AvgIpc) is 2.33. The van der Waals surface area contributed by atoms with Crippen LogP contribution in [0.3, 0.4) is 0 Å². The summed E-state index contributed by atoms with van der Waals surface area (Å²) >= 11 is 5.79. The molecule has 100 valence electrons. The Morgan fingerprint density at radius 3 is 2.56 bits per heavy atom. The van der Waals surface area contributed by atoms with Gasteiger partial charge in [-0.25, -0.2) is 5.90 Å². The highest BCUT2D eigenvalue weighted by molar-refractivity contribution is 6.30. The van der Waals surface area contributed by atoms with Gasteiger partial charge in [-0.05, 0) is 31.2 Å². The summed E-state index contributed by atoms with van der Waals surface area (Å²) in [6, 6.07) is 6.92. The second kappa shape index (κ2) is 7.86. The monoisotopic (exact) mass is 272 g/mol. The number of nitrogens with zero attached hydrogens (tertiary/aromatic N) is 2. The summed E-state index contributed by atoms with van der Waals surface area (Å²) in [4.78, 5) is 4.54. The van der Waals surface area contributed by atoms with Crippen molar-refractivity contribution >= 4 is 11.6 Å². The number of nitrogens with two attached hydrogens (primary N) is 2. The predicted octanol–water partition coefficient (Wildman–Crippen LogP) is 2.08. The van der Waals surface area contributed by atoms with E-state index in [1.807, 2.05) is 6.92 Å². The lowest BCUT2D eigenvalue weighted by atomic mass is 10.1. The van der Waals surface area contributed by atoms with Gasteiger partial charge in [-0.2, -0.15) is 5.11 Å². The third kappa shape index (κ3) is 5.31. The van der Waals surface area contributed by atoms with E-state index in [9.17, 15) is 0 Å². The van der Waals surface area contributed by atoms with E-state index in [2.05, 4.69) is 15.2 Å². The first-order valence-corrected chi connectivity index (χ1v) is 5.87. The zero-order valence-electron chi connectivity index (χ0n) is 10.1. The molecule has 2 atom stereocenters. The zero-order valence-corrected chi connectivity index (χ0v) is 10.9. The molecule has 0 bridgehead atoms. The van der Waals surface area contributed by atoms with Crippen LogP contribution in [0.1, 0.15) is 13.3 Å². The SMILES string of the molecule is C[C@@H](C[C@@H](CON)N=NN)Oc1ccc(Cl)cc1. The first-order chi connectivity index (χ1) is 8.65. The minimum Gasteiger partial charge on any atom is -0.491 e. The third-order valence-electron chi connectivity index (χ3n) is 2.27. The molecule has 0 unspecified atom stereocenters. The number of ether oxygens (including phenoxy) is 1. The van der Waals surface area contributed by atoms with Gasteiger partial charge in [0.05, 0.1) is 12.7 Å². The lowest BCUT2D eigenvalue weighted by Gasteiger charge is -2.17. The first-order valence-electron chi connectivity index (χ1n) is 5.49. The Balaban J connectivity index is 2.48. The maximum Gasteiger partial charge on any atom is 0.119 e. The Hall–Kier alpha value is -1.37. The molecule has 6 nitrogen and oxygen atoms in total. The lowest BCUT2D eigenvalue weighted by molar-refractivity contribution is 0.104. The van der Waals surface area contributed by atoms with Crippen molar-refractivity contribution in [1.82, 2.24) is 0 Å². The van der Waals surface area contributed by atoms with E-state index in [4.69, 9.17) is 28.1 Å². The van der Waals surface area contributed by atoms with Crippen LogP contribution < -0.4 is 16.5 Å². The van der Waals surface area contributed by atoms with Gasteiger partial charge < -0.3 is 15.4 Å². The first kappa shape index (κ1) is 14.7. The van der Waals surface area contributed by atoms with Crippen LogP contribution in [0.4, 0.5) is 0 Å². The molecule has 0 aromatic heterocycles. The summed E-state index contributed by atoms with van der Waals surface area (Å²) in [6.45, 7) is 2.17. The van der Waals surface area contributed by atoms with Gasteiger partial charge in [-0.15, -0.1) is 0 Å². The van der Waals surface area contributed by atoms with Crippen molar-refractivity contribution in [1.29, 1.82) is 0 Å². The van der Waals surface area contributed by atoms with E-state index in [0.717, 1.165) is 5.75 Å². The summed E-state index contributed by atoms with van der Waals surface area (Å²) in [5.74, 6) is 10.8. The van der Waals surface area contributed by atoms with E-state index in [-0.39, 0.29) is 18.8 Å². The molecule has 0 aliphatic heterocycles. The summed E-state index contributed by atoms with van der Waals surface area (Å²) < 4.78 is 5.69. The Morgan fingerprint density at radius 1 is 1.33 bits per heavy atom. The topological polar surface area (TPSA) is 95.2 Å². The Kier molecular flexibility index (Phi) is 6.42. The van der Waals surface area contributed by atoms with Gasteiger partial charge in [-0.3, -0.25) is 0 Å². The lowest BCUT2D eigenvalue weighted by Crippen LogP contribution is -2.24. The van der Waals surface area contributed by atoms with Crippen molar-refractivity contribution in [3.8, 4) is 5.75 Å². The Morgan fingerprint density at radius 2 is 2.00 bits per heavy atom. The standard InChI is InChI=1S/C11H17ClN4O2/c1-8(6-10(7-17-14)15-16-13)18-11-4-2-9(12)3-5-11/h2-5,8,10H,6-7,14H2,1H3,(H2,13,15)/t8-,10-/m0/s1. The number of hydrogen-bond acceptors (Lipinski definition) is 5. The predicted molar refractivity (Wildman–Crippen MR) is 69.1 cm³/mol. The normalized spacial score (nSPS) is 14.6. The number of rotatable bonds is 7. The van der Waals surface area contributed by atoms with Gasteiger partial charge in [0.15, 0.2) is 0 Å². The van der Waals surface area contributed by atoms with E-state index in [1.54, 1.807) is 24.3 Å². The fraction of sp³-hybridized carbons (Fsp3) is 0.455. The molecule has 0 aliphatic rings. The largest absolute Gasteiger partial charge is 0.491 e. The second-order valence-electron chi connectivity index (χ2n) is 3.84. The highest BCUT2D eigenvalue weighted by Gasteiger charge is 2.14. The molecular formula is C11H17ClN4O2. The summed E-state index contributed by atoms with van der Waals surface area (Å²) in [7, 11) is 0. The van der Waals surface area contributed by atoms with Gasteiger partial charge in [0.25, 0.3) is 0 Å². The van der Waals surface area contributed by atoms with E-state index >= 15 is 0 Å². The van der Waals surface area contributed by atoms with E-state index in [0.29, 0.717) is 11.4 Å². The zero-order chi connectivity index (χ0) is 13.4. The van der Waals surface area contributed by atoms with Gasteiger partial charge in [0.1, 0.15) is 11.8 Å². The molecular weight excluding hydrogens is 256 g/mol. The molecule has 0 heterocycles. The average molecular weight is 273 g/mol. The number of benzene rings is 1. The fourth-order valence-corrected chi connectivity index (χ4v) is 1.66. The highest BCUT2D eigenvalue weighted by Crippen LogP contribution is 2.18. The van der Waals surface area contributed by atoms with Crippen LogP contribution in [0.15, 0.2) is 34.6 Å². The maximum atomic E-state index is 5.79. The van der Waals surface area contributed by atoms with Crippen molar-refractivity contribution in [3.63, 3.8) is 0 Å². The Bertz CT molecular complexity index is 372. The number of hydrogen-bond donors (Lipinski definition) is 2. The van der Waals surface area contributed by atoms with Crippen molar-refractivity contribution in [2.24, 2.45) is 22.1 Å². The molecule has 0 amide bonds. The quantitative estimate of drug-likeness (QED) is 0.451. The summed E-state index contributed by atoms with van der Waals surface area (Å²) in [5, 5.41) is 7.72. The minimum atomic E-state index is -0.220. The smallest absolute Gasteiger partial charge is 0.119 e. The van der Waals surface area contributed by atoms with Gasteiger partial charge >= 0.3 is 0 Å². The van der Waals surface area contributed by atoms with Crippen LogP contribution in [-0.4, -0.2) is 18.8 Å². The minimum absolute atomic E-state index is 0.0724. The molecule has 1 aromatic rings. The van der Waals surface area contributed by atoms with Gasteiger partial charge in [0.2, 0.25) is 0 Å². The molecule has 0 radical (unpaired) electrons. The number of halogens is 1. The van der Waals surface area contributed by atoms with Crippen molar-refractivity contribution < 1.29 is 9.57 Å². The molecule has 1 rings (SSSR count). The van der Waals surface area contributed by atoms with Crippen molar-refractivity contribution in [2.45, 2.75) is 25.5 Å². The van der Waals surface area contributed by atoms with Crippen LogP contribution in [0, 0.1) is 0 Å². The molecule has 0 fully saturated rings. The molecule has 0 saturated carbocycles. The molecule has 4 N–H and O–H groups in total. The summed E-state index contributed by atoms with van der Waals surface area (Å²) in [5.41, 5.74) is 0. The molecule has 0 aliphatic carbocycles. The van der Waals surface area contributed by atoms with Crippen LogP contribution in [0.25, 0.3) is 0 Å². The van der Waals surface area contributed by atoms with E-state index in [1.165, 1.54) is 0 Å². The van der Waals surface area contributed by atoms with Crippen LogP contribution in [0.5, 0.6) is 5.75 Å². The Labute approximate surface area is 111 Å². The van der Waals surface area contributed by atoms with E-state index < -0.39 is 0 Å². The van der Waals surface area contributed by atoms with Crippen molar-refractivity contribution in [3.05, 3.63) is 29.3 Å². The highest BCUT2D eigenvalue weighted by atomic mass is 35.5. The van der Waals surface area contributed by atoms with Gasteiger partial charge in [0, 0.05) is 11.4 Å². The van der Waals surface area contributed by atoms with Crippen molar-refractivity contribution in [2.75, 3.05) is 6.61 Å². The van der Waals surface area contributed by atoms with Crippen LogP contribution >= 0.6 is 11.6 Å². The summed E-state index contributed by atoms with van der Waals surface area (Å²) in [6.07, 6.45) is 0.525. The maximum absolute atomic E-state index is 5.79. The van der Waals surface area contributed by atoms with Crippen LogP contribution in [0.2, 0.25) is 5.02 Å². The molecule has 18 heavy (non-hydrogen) atoms. The molecule has 0 spiro atoms. The van der Waals surface area contributed by atoms with Gasteiger partial charge in [-0.1, -0.05) is 16.8 Å². The third-order valence-corrected chi connectivity index (χ3v) is 2.53. The fourth-order valence-electron chi connectivity index (χ4n) is 1.53. The molecule has 1 aromatic carbocycles. The second-order valence-corrected chi connectivity index (χ2v) is 4.27. The molecule has 7 heteroatoms. The molecule has 0 saturated heterocycles. The van der Waals surface area contributed by atoms with Crippen LogP contribution in [-0.2, 0) is 4.84 Å².